The van der Waals surface area contributed by atoms with Gasteiger partial charge in [-0.05, 0) is 29.9 Å². The standard InChI is InChI=1S/C15H23NO2/c1-4-11(3)13-8-6-12(7-9-13)10-16-15(18)14(17)5-2/h6-9,11,14,17H,4-5,10H2,1-3H3,(H,16,18). The Morgan fingerprint density at radius 1 is 1.22 bits per heavy atom. The molecule has 2 unspecified atom stereocenters. The number of benzene rings is 1. The van der Waals surface area contributed by atoms with Crippen molar-refractivity contribution in [3.63, 3.8) is 0 Å². The maximum atomic E-state index is 11.4. The van der Waals surface area contributed by atoms with Crippen LogP contribution < -0.4 is 5.32 Å². The summed E-state index contributed by atoms with van der Waals surface area (Å²) in [5.74, 6) is 0.263. The molecule has 2 N–H and O–H groups in total. The Morgan fingerprint density at radius 3 is 2.33 bits per heavy atom. The predicted octanol–water partition coefficient (Wildman–Crippen LogP) is 2.59. The molecule has 1 aromatic rings. The molecule has 0 aliphatic carbocycles. The third-order valence-electron chi connectivity index (χ3n) is 3.32. The molecule has 0 aliphatic rings. The highest BCUT2D eigenvalue weighted by Crippen LogP contribution is 2.18. The second-order valence-electron chi connectivity index (χ2n) is 4.69. The molecule has 0 saturated carbocycles. The van der Waals surface area contributed by atoms with E-state index < -0.39 is 6.10 Å². The number of hydrogen-bond acceptors (Lipinski definition) is 2. The number of amides is 1. The van der Waals surface area contributed by atoms with Gasteiger partial charge in [0.05, 0.1) is 0 Å². The Bertz CT molecular complexity index is 373. The monoisotopic (exact) mass is 249 g/mol. The topological polar surface area (TPSA) is 49.3 Å². The van der Waals surface area contributed by atoms with Crippen molar-refractivity contribution >= 4 is 5.91 Å². The molecule has 18 heavy (non-hydrogen) atoms. The van der Waals surface area contributed by atoms with Crippen LogP contribution in [0.4, 0.5) is 0 Å². The molecule has 0 aliphatic heterocycles. The van der Waals surface area contributed by atoms with Crippen molar-refractivity contribution in [2.24, 2.45) is 0 Å². The molecule has 0 bridgehead atoms. The third-order valence-corrected chi connectivity index (χ3v) is 3.32. The zero-order valence-electron chi connectivity index (χ0n) is 11.4. The third kappa shape index (κ3) is 4.15. The van der Waals surface area contributed by atoms with Crippen LogP contribution in [-0.4, -0.2) is 17.1 Å². The highest BCUT2D eigenvalue weighted by Gasteiger charge is 2.11. The molecule has 1 amide bonds. The van der Waals surface area contributed by atoms with Crippen LogP contribution in [0.5, 0.6) is 0 Å². The van der Waals surface area contributed by atoms with Crippen LogP contribution in [0.15, 0.2) is 24.3 Å². The lowest BCUT2D eigenvalue weighted by Crippen LogP contribution is -2.33. The molecule has 1 aromatic carbocycles. The van der Waals surface area contributed by atoms with E-state index in [-0.39, 0.29) is 5.91 Å². The fourth-order valence-corrected chi connectivity index (χ4v) is 1.69. The van der Waals surface area contributed by atoms with Gasteiger partial charge in [-0.3, -0.25) is 4.79 Å². The van der Waals surface area contributed by atoms with Gasteiger partial charge in [-0.15, -0.1) is 0 Å². The Kier molecular flexibility index (Phi) is 5.86. The van der Waals surface area contributed by atoms with Crippen LogP contribution in [0.3, 0.4) is 0 Å². The maximum Gasteiger partial charge on any atom is 0.249 e. The van der Waals surface area contributed by atoms with Gasteiger partial charge in [-0.2, -0.15) is 0 Å². The first-order valence-corrected chi connectivity index (χ1v) is 6.63. The normalized spacial score (nSPS) is 14.0. The fraction of sp³-hybridized carbons (Fsp3) is 0.533. The molecule has 0 heterocycles. The summed E-state index contributed by atoms with van der Waals surface area (Å²) >= 11 is 0. The van der Waals surface area contributed by atoms with Gasteiger partial charge in [0.15, 0.2) is 0 Å². The largest absolute Gasteiger partial charge is 0.383 e. The van der Waals surface area contributed by atoms with E-state index in [2.05, 4.69) is 31.3 Å². The van der Waals surface area contributed by atoms with Gasteiger partial charge in [0.1, 0.15) is 6.10 Å². The highest BCUT2D eigenvalue weighted by molar-refractivity contribution is 5.80. The van der Waals surface area contributed by atoms with E-state index >= 15 is 0 Å². The molecule has 3 heteroatoms. The van der Waals surface area contributed by atoms with Crippen LogP contribution in [0.25, 0.3) is 0 Å². The summed E-state index contributed by atoms with van der Waals surface area (Å²) in [6.45, 7) is 6.63. The summed E-state index contributed by atoms with van der Waals surface area (Å²) in [6, 6.07) is 8.26. The fourth-order valence-electron chi connectivity index (χ4n) is 1.69. The van der Waals surface area contributed by atoms with Crippen molar-refractivity contribution < 1.29 is 9.90 Å². The summed E-state index contributed by atoms with van der Waals surface area (Å²) in [7, 11) is 0. The molecule has 0 saturated heterocycles. The van der Waals surface area contributed by atoms with Gasteiger partial charge >= 0.3 is 0 Å². The summed E-state index contributed by atoms with van der Waals surface area (Å²) in [5, 5.41) is 12.1. The summed E-state index contributed by atoms with van der Waals surface area (Å²) in [4.78, 5) is 11.4. The lowest BCUT2D eigenvalue weighted by molar-refractivity contribution is -0.129. The molecule has 2 atom stereocenters. The van der Waals surface area contributed by atoms with E-state index in [0.29, 0.717) is 18.9 Å². The minimum atomic E-state index is -0.899. The number of aliphatic hydroxyl groups is 1. The number of hydrogen-bond donors (Lipinski definition) is 2. The van der Waals surface area contributed by atoms with Gasteiger partial charge in [0.2, 0.25) is 5.91 Å². The SMILES string of the molecule is CCC(O)C(=O)NCc1ccc(C(C)CC)cc1. The van der Waals surface area contributed by atoms with E-state index in [1.807, 2.05) is 12.1 Å². The maximum absolute atomic E-state index is 11.4. The van der Waals surface area contributed by atoms with Crippen molar-refractivity contribution in [3.05, 3.63) is 35.4 Å². The van der Waals surface area contributed by atoms with Crippen molar-refractivity contribution in [1.82, 2.24) is 5.32 Å². The van der Waals surface area contributed by atoms with Crippen LogP contribution >= 0.6 is 0 Å². The molecule has 0 fully saturated rings. The summed E-state index contributed by atoms with van der Waals surface area (Å²) < 4.78 is 0. The Labute approximate surface area is 109 Å². The van der Waals surface area contributed by atoms with Gasteiger partial charge < -0.3 is 10.4 Å². The van der Waals surface area contributed by atoms with Gasteiger partial charge in [-0.1, -0.05) is 45.0 Å². The lowest BCUT2D eigenvalue weighted by Gasteiger charge is -2.11. The van der Waals surface area contributed by atoms with E-state index in [4.69, 9.17) is 0 Å². The first-order chi connectivity index (χ1) is 8.58. The quantitative estimate of drug-likeness (QED) is 0.814. The minimum absolute atomic E-state index is 0.302. The molecule has 3 nitrogen and oxygen atoms in total. The Morgan fingerprint density at radius 2 is 1.83 bits per heavy atom. The number of rotatable bonds is 6. The molecule has 0 spiro atoms. The molecule has 100 valence electrons. The van der Waals surface area contributed by atoms with Gasteiger partial charge in [0.25, 0.3) is 0 Å². The Hall–Kier alpha value is -1.35. The van der Waals surface area contributed by atoms with Crippen LogP contribution in [-0.2, 0) is 11.3 Å². The average molecular weight is 249 g/mol. The number of carbonyl (C=O) groups excluding carboxylic acids is 1. The highest BCUT2D eigenvalue weighted by atomic mass is 16.3. The van der Waals surface area contributed by atoms with Crippen molar-refractivity contribution in [2.75, 3.05) is 0 Å². The zero-order chi connectivity index (χ0) is 13.5. The van der Waals surface area contributed by atoms with Gasteiger partial charge in [0, 0.05) is 6.54 Å². The van der Waals surface area contributed by atoms with Crippen LogP contribution in [0.2, 0.25) is 0 Å². The lowest BCUT2D eigenvalue weighted by atomic mass is 9.98. The van der Waals surface area contributed by atoms with Crippen LogP contribution in [0, 0.1) is 0 Å². The number of carbonyl (C=O) groups is 1. The Balaban J connectivity index is 2.51. The van der Waals surface area contributed by atoms with Crippen molar-refractivity contribution in [2.45, 2.75) is 52.2 Å². The van der Waals surface area contributed by atoms with Crippen molar-refractivity contribution in [3.8, 4) is 0 Å². The second kappa shape index (κ2) is 7.17. The summed E-state index contributed by atoms with van der Waals surface area (Å²) in [6.07, 6.45) is 0.668. The average Bonchev–Trinajstić information content (AvgIpc) is 2.43. The predicted molar refractivity (Wildman–Crippen MR) is 73.3 cm³/mol. The van der Waals surface area contributed by atoms with E-state index in [9.17, 15) is 9.90 Å². The number of nitrogens with one attached hydrogen (secondary N) is 1. The summed E-state index contributed by atoms with van der Waals surface area (Å²) in [5.41, 5.74) is 2.37. The van der Waals surface area contributed by atoms with Gasteiger partial charge in [-0.25, -0.2) is 0 Å². The minimum Gasteiger partial charge on any atom is -0.383 e. The number of aliphatic hydroxyl groups excluding tert-OH is 1. The van der Waals surface area contributed by atoms with Crippen LogP contribution in [0.1, 0.15) is 50.7 Å². The van der Waals surface area contributed by atoms with E-state index in [1.54, 1.807) is 6.92 Å². The molecular weight excluding hydrogens is 226 g/mol. The molecule has 0 aromatic heterocycles. The van der Waals surface area contributed by atoms with Crippen molar-refractivity contribution in [1.29, 1.82) is 0 Å². The second-order valence-corrected chi connectivity index (χ2v) is 4.69. The van der Waals surface area contributed by atoms with E-state index in [0.717, 1.165) is 12.0 Å². The zero-order valence-corrected chi connectivity index (χ0v) is 11.4. The van der Waals surface area contributed by atoms with E-state index in [1.165, 1.54) is 5.56 Å². The first kappa shape index (κ1) is 14.7. The first-order valence-electron chi connectivity index (χ1n) is 6.63. The molecule has 1 rings (SSSR count). The molecular formula is C15H23NO2. The molecule has 0 radical (unpaired) electrons. The smallest absolute Gasteiger partial charge is 0.249 e.